The zero-order valence-electron chi connectivity index (χ0n) is 12.9. The number of anilines is 2. The molecule has 1 aromatic rings. The Kier molecular flexibility index (Phi) is 5.95. The van der Waals surface area contributed by atoms with Crippen LogP contribution < -0.4 is 16.0 Å². The van der Waals surface area contributed by atoms with Gasteiger partial charge in [-0.05, 0) is 39.3 Å². The highest BCUT2D eigenvalue weighted by atomic mass is 16.2. The number of pyridine rings is 1. The van der Waals surface area contributed by atoms with Gasteiger partial charge in [0.1, 0.15) is 5.82 Å². The third-order valence-electron chi connectivity index (χ3n) is 3.87. The molecule has 0 aliphatic carbocycles. The van der Waals surface area contributed by atoms with E-state index in [0.717, 1.165) is 18.9 Å². The van der Waals surface area contributed by atoms with Gasteiger partial charge in [-0.1, -0.05) is 6.92 Å². The maximum atomic E-state index is 12.2. The molecular formula is C15H26N4O. The van der Waals surface area contributed by atoms with Crippen molar-refractivity contribution in [3.8, 4) is 0 Å². The molecular weight excluding hydrogens is 252 g/mol. The highest BCUT2D eigenvalue weighted by molar-refractivity contribution is 5.95. The van der Waals surface area contributed by atoms with E-state index in [1.807, 2.05) is 26.0 Å². The van der Waals surface area contributed by atoms with E-state index in [1.165, 1.54) is 0 Å². The first-order valence-electron chi connectivity index (χ1n) is 7.23. The lowest BCUT2D eigenvalue weighted by atomic mass is 9.86. The first kappa shape index (κ1) is 16.4. The van der Waals surface area contributed by atoms with Gasteiger partial charge in [0.05, 0.1) is 17.3 Å². The molecule has 0 spiro atoms. The Balaban J connectivity index is 2.78. The fourth-order valence-electron chi connectivity index (χ4n) is 1.87. The van der Waals surface area contributed by atoms with Crippen LogP contribution in [0.5, 0.6) is 0 Å². The molecule has 0 fully saturated rings. The molecule has 0 radical (unpaired) electrons. The minimum absolute atomic E-state index is 0.0557. The van der Waals surface area contributed by atoms with Crippen LogP contribution in [-0.4, -0.2) is 30.5 Å². The highest BCUT2D eigenvalue weighted by Crippen LogP contribution is 2.22. The number of hydrogen-bond acceptors (Lipinski definition) is 4. The Morgan fingerprint density at radius 2 is 2.00 bits per heavy atom. The van der Waals surface area contributed by atoms with Gasteiger partial charge in [-0.25, -0.2) is 4.98 Å². The molecule has 3 N–H and O–H groups in total. The van der Waals surface area contributed by atoms with Crippen molar-refractivity contribution in [2.75, 3.05) is 29.9 Å². The topological polar surface area (TPSA) is 71.2 Å². The van der Waals surface area contributed by atoms with Gasteiger partial charge in [0, 0.05) is 19.6 Å². The van der Waals surface area contributed by atoms with Crippen LogP contribution in [0.25, 0.3) is 0 Å². The molecule has 1 heterocycles. The summed E-state index contributed by atoms with van der Waals surface area (Å²) in [6.07, 6.45) is 2.40. The predicted octanol–water partition coefficient (Wildman–Crippen LogP) is 2.24. The van der Waals surface area contributed by atoms with E-state index in [2.05, 4.69) is 29.0 Å². The summed E-state index contributed by atoms with van der Waals surface area (Å²) in [7, 11) is 0. The van der Waals surface area contributed by atoms with E-state index in [1.54, 1.807) is 6.20 Å². The Labute approximate surface area is 121 Å². The van der Waals surface area contributed by atoms with Gasteiger partial charge >= 0.3 is 0 Å². The summed E-state index contributed by atoms with van der Waals surface area (Å²) in [4.78, 5) is 18.7. The molecule has 0 saturated carbocycles. The zero-order chi connectivity index (χ0) is 15.2. The predicted molar refractivity (Wildman–Crippen MR) is 83.9 cm³/mol. The van der Waals surface area contributed by atoms with Crippen LogP contribution >= 0.6 is 0 Å². The molecule has 1 aromatic heterocycles. The number of nitrogens with one attached hydrogen (secondary N) is 1. The van der Waals surface area contributed by atoms with Crippen LogP contribution in [-0.2, 0) is 4.79 Å². The first-order valence-corrected chi connectivity index (χ1v) is 7.23. The SMILES string of the molecule is CCN(CC)c1ccc(NC(=O)C(C)(CC)CN)cn1. The number of amides is 1. The van der Waals surface area contributed by atoms with Crippen molar-refractivity contribution in [1.82, 2.24) is 4.98 Å². The van der Waals surface area contributed by atoms with Crippen molar-refractivity contribution in [1.29, 1.82) is 0 Å². The van der Waals surface area contributed by atoms with Crippen LogP contribution in [0.15, 0.2) is 18.3 Å². The molecule has 112 valence electrons. The summed E-state index contributed by atoms with van der Waals surface area (Å²) in [5.74, 6) is 0.866. The van der Waals surface area contributed by atoms with Gasteiger partial charge in [0.2, 0.25) is 5.91 Å². The van der Waals surface area contributed by atoms with Crippen molar-refractivity contribution in [2.45, 2.75) is 34.1 Å². The van der Waals surface area contributed by atoms with Gasteiger partial charge < -0.3 is 16.0 Å². The van der Waals surface area contributed by atoms with E-state index < -0.39 is 5.41 Å². The maximum absolute atomic E-state index is 12.2. The van der Waals surface area contributed by atoms with Crippen LogP contribution in [0, 0.1) is 5.41 Å². The summed E-state index contributed by atoms with van der Waals surface area (Å²) < 4.78 is 0. The minimum atomic E-state index is -0.530. The lowest BCUT2D eigenvalue weighted by molar-refractivity contribution is -0.124. The molecule has 0 aromatic carbocycles. The lowest BCUT2D eigenvalue weighted by Crippen LogP contribution is -2.39. The molecule has 1 atom stereocenters. The number of aromatic nitrogens is 1. The van der Waals surface area contributed by atoms with E-state index in [9.17, 15) is 4.79 Å². The number of hydrogen-bond donors (Lipinski definition) is 2. The van der Waals surface area contributed by atoms with Crippen molar-refractivity contribution in [3.05, 3.63) is 18.3 Å². The highest BCUT2D eigenvalue weighted by Gasteiger charge is 2.29. The molecule has 5 nitrogen and oxygen atoms in total. The second kappa shape index (κ2) is 7.24. The molecule has 0 aliphatic rings. The normalized spacial score (nSPS) is 13.7. The average molecular weight is 278 g/mol. The van der Waals surface area contributed by atoms with Gasteiger partial charge in [0.25, 0.3) is 0 Å². The van der Waals surface area contributed by atoms with Crippen LogP contribution in [0.1, 0.15) is 34.1 Å². The molecule has 1 rings (SSSR count). The molecule has 20 heavy (non-hydrogen) atoms. The summed E-state index contributed by atoms with van der Waals surface area (Å²) >= 11 is 0. The monoisotopic (exact) mass is 278 g/mol. The average Bonchev–Trinajstić information content (AvgIpc) is 2.49. The summed E-state index contributed by atoms with van der Waals surface area (Å²) in [5.41, 5.74) is 5.87. The smallest absolute Gasteiger partial charge is 0.231 e. The van der Waals surface area contributed by atoms with E-state index in [0.29, 0.717) is 18.7 Å². The van der Waals surface area contributed by atoms with Crippen LogP contribution in [0.2, 0.25) is 0 Å². The van der Waals surface area contributed by atoms with E-state index in [4.69, 9.17) is 5.73 Å². The number of carbonyl (C=O) groups excluding carboxylic acids is 1. The van der Waals surface area contributed by atoms with Crippen molar-refractivity contribution in [3.63, 3.8) is 0 Å². The first-order chi connectivity index (χ1) is 9.50. The standard InChI is InChI=1S/C15H26N4O/c1-5-15(4,11-16)14(20)18-12-8-9-13(17-10-12)19(6-2)7-3/h8-10H,5-7,11,16H2,1-4H3,(H,18,20). The summed E-state index contributed by atoms with van der Waals surface area (Å²) in [6, 6.07) is 3.81. The lowest BCUT2D eigenvalue weighted by Gasteiger charge is -2.25. The van der Waals surface area contributed by atoms with Gasteiger partial charge in [-0.2, -0.15) is 0 Å². The number of nitrogens with zero attached hydrogens (tertiary/aromatic N) is 2. The molecule has 5 heteroatoms. The van der Waals surface area contributed by atoms with Gasteiger partial charge in [-0.15, -0.1) is 0 Å². The molecule has 0 aliphatic heterocycles. The fraction of sp³-hybridized carbons (Fsp3) is 0.600. The van der Waals surface area contributed by atoms with E-state index >= 15 is 0 Å². The zero-order valence-corrected chi connectivity index (χ0v) is 12.9. The number of carbonyl (C=O) groups is 1. The fourth-order valence-corrected chi connectivity index (χ4v) is 1.87. The maximum Gasteiger partial charge on any atom is 0.231 e. The Morgan fingerprint density at radius 1 is 1.35 bits per heavy atom. The van der Waals surface area contributed by atoms with Crippen molar-refractivity contribution >= 4 is 17.4 Å². The Hall–Kier alpha value is -1.62. The summed E-state index contributed by atoms with van der Waals surface area (Å²) in [5, 5.41) is 2.89. The third-order valence-corrected chi connectivity index (χ3v) is 3.87. The van der Waals surface area contributed by atoms with Crippen molar-refractivity contribution < 1.29 is 4.79 Å². The quantitative estimate of drug-likeness (QED) is 0.802. The van der Waals surface area contributed by atoms with E-state index in [-0.39, 0.29) is 5.91 Å². The largest absolute Gasteiger partial charge is 0.357 e. The van der Waals surface area contributed by atoms with Crippen LogP contribution in [0.3, 0.4) is 0 Å². The Morgan fingerprint density at radius 3 is 2.40 bits per heavy atom. The Bertz CT molecular complexity index is 422. The molecule has 0 bridgehead atoms. The molecule has 1 unspecified atom stereocenters. The van der Waals surface area contributed by atoms with Gasteiger partial charge in [0.15, 0.2) is 0 Å². The van der Waals surface area contributed by atoms with Gasteiger partial charge in [-0.3, -0.25) is 4.79 Å². The third kappa shape index (κ3) is 3.70. The molecule has 1 amide bonds. The second-order valence-corrected chi connectivity index (χ2v) is 5.15. The number of rotatable bonds is 7. The summed E-state index contributed by atoms with van der Waals surface area (Å²) in [6.45, 7) is 10.2. The van der Waals surface area contributed by atoms with Crippen LogP contribution in [0.4, 0.5) is 11.5 Å². The number of nitrogens with two attached hydrogens (primary N) is 1. The molecule has 0 saturated heterocycles. The van der Waals surface area contributed by atoms with Crippen molar-refractivity contribution in [2.24, 2.45) is 11.1 Å². The second-order valence-electron chi connectivity index (χ2n) is 5.15. The minimum Gasteiger partial charge on any atom is -0.357 e.